The number of benzene rings is 3. The van der Waals surface area contributed by atoms with Gasteiger partial charge in [0.25, 0.3) is 0 Å². The predicted octanol–water partition coefficient (Wildman–Crippen LogP) is 15.0. The number of esters is 5. The minimum Gasteiger partial charge on any atom is -0.460 e. The third-order valence-electron chi connectivity index (χ3n) is 16.8. The van der Waals surface area contributed by atoms with Crippen molar-refractivity contribution in [2.75, 3.05) is 13.2 Å². The smallest absolute Gasteiger partial charge is 0.383 e. The third-order valence-corrected chi connectivity index (χ3v) is 16.8. The zero-order valence-electron chi connectivity index (χ0n) is 58.8. The molecule has 3 fully saturated rings. The fourth-order valence-electron chi connectivity index (χ4n) is 11.5. The number of epoxide rings is 2. The quantitative estimate of drug-likeness (QED) is 0.0181. The molecule has 0 spiro atoms. The van der Waals surface area contributed by atoms with Crippen molar-refractivity contribution in [3.63, 3.8) is 0 Å². The van der Waals surface area contributed by atoms with Gasteiger partial charge in [-0.3, -0.25) is 14.4 Å². The lowest BCUT2D eigenvalue weighted by Gasteiger charge is -2.45. The van der Waals surface area contributed by atoms with E-state index < -0.39 is 133 Å². The number of unbranched alkanes of at least 4 members (excludes halogenated alkanes) is 23. The van der Waals surface area contributed by atoms with E-state index in [0.717, 1.165) is 51.4 Å². The van der Waals surface area contributed by atoms with Crippen LogP contribution in [-0.2, 0) is 76.1 Å². The summed E-state index contributed by atoms with van der Waals surface area (Å²) in [6, 6.07) is 22.9. The monoisotopic (exact) mass is 1350 g/mol. The summed E-state index contributed by atoms with van der Waals surface area (Å²) in [5, 5.41) is 3.10. The highest BCUT2D eigenvalue weighted by Gasteiger charge is 2.68. The molecule has 97 heavy (non-hydrogen) atoms. The van der Waals surface area contributed by atoms with Gasteiger partial charge in [-0.1, -0.05) is 216 Å². The number of carbonyl (C=O) groups is 8. The van der Waals surface area contributed by atoms with Crippen molar-refractivity contribution in [1.29, 1.82) is 0 Å². The van der Waals surface area contributed by atoms with Gasteiger partial charge in [0.2, 0.25) is 5.91 Å². The average molecular weight is 1350 g/mol. The maximum atomic E-state index is 14.6. The van der Waals surface area contributed by atoms with Crippen molar-refractivity contribution in [1.82, 2.24) is 5.32 Å². The van der Waals surface area contributed by atoms with Crippen LogP contribution >= 0.6 is 0 Å². The molecule has 9 atom stereocenters. The third kappa shape index (κ3) is 28.8. The Morgan fingerprint density at radius 3 is 1.35 bits per heavy atom. The van der Waals surface area contributed by atoms with Crippen LogP contribution in [0, 0.1) is 0 Å². The number of hydrogen-bond donors (Lipinski definition) is 1. The van der Waals surface area contributed by atoms with Crippen LogP contribution in [0.3, 0.4) is 0 Å². The topological polar surface area (TPSA) is 257 Å². The van der Waals surface area contributed by atoms with Crippen LogP contribution in [0.15, 0.2) is 103 Å². The summed E-state index contributed by atoms with van der Waals surface area (Å²) in [6.07, 6.45) is 19.8. The SMILES string of the molecule is CCCCCCCCCCCCC/C=C/[C@@H](OC(=O)c1ccccc1)[C@H](CO[C@H]1O[C@H](COC2(CC(=O)OC(C)(C)C)OC2=O)[C@H](OC2(CC(=O)OC(C)(C)C)OC2=O)[C@H](OC(=O)c2ccccc2)[C@H]1OC(=O)c1ccccc1)NC(=O)CCCCCCCCCCCCCCC. The van der Waals surface area contributed by atoms with Crippen LogP contribution < -0.4 is 5.32 Å². The standard InChI is InChI=1S/C77H109NO19/c1-9-11-13-15-17-19-21-23-25-27-29-31-42-50-60(89-68(82)56-44-36-33-37-45-56)59(78-62(79)51-43-32-30-28-26-24-22-20-18-16-14-12-10-2)54-87-71-67(92-70(84)58-48-40-35-41-49-58)66(91-69(83)57-46-38-34-39-47-57)65(95-77(73(86)97-77)53-64(81)94-75(6,7)8)61(90-71)55-88-76(72(85)96-76)52-63(80)93-74(3,4)5/h33-42,44-50,59-61,65-67,71H,9-32,43,51-55H2,1-8H3,(H,78,79)/b50-42+/t59-,60+,61+,65-,66-,67+,71-,76?,77?/m0/s1. The van der Waals surface area contributed by atoms with Crippen molar-refractivity contribution in [3.8, 4) is 0 Å². The van der Waals surface area contributed by atoms with Gasteiger partial charge in [0.15, 0.2) is 18.5 Å². The fourth-order valence-corrected chi connectivity index (χ4v) is 11.5. The Morgan fingerprint density at radius 1 is 0.515 bits per heavy atom. The summed E-state index contributed by atoms with van der Waals surface area (Å²) in [6.45, 7) is 12.9. The van der Waals surface area contributed by atoms with E-state index in [1.165, 1.54) is 121 Å². The van der Waals surface area contributed by atoms with Crippen LogP contribution in [0.5, 0.6) is 0 Å². The normalized spacial score (nSPS) is 21.2. The van der Waals surface area contributed by atoms with Gasteiger partial charge in [-0.2, -0.15) is 0 Å². The molecular formula is C77H109NO19. The number of ether oxygens (including phenoxy) is 11. The molecule has 3 aliphatic rings. The molecule has 0 bridgehead atoms. The van der Waals surface area contributed by atoms with Crippen molar-refractivity contribution in [3.05, 3.63) is 120 Å². The Kier molecular flexibility index (Phi) is 33.2. The molecule has 20 nitrogen and oxygen atoms in total. The van der Waals surface area contributed by atoms with Crippen molar-refractivity contribution in [2.45, 2.75) is 301 Å². The van der Waals surface area contributed by atoms with Crippen LogP contribution in [0.25, 0.3) is 0 Å². The Bertz CT molecular complexity index is 2930. The molecule has 3 heterocycles. The number of nitrogens with one attached hydrogen (secondary N) is 1. The average Bonchev–Trinajstić information content (AvgIpc) is 1.63. The van der Waals surface area contributed by atoms with Gasteiger partial charge in [-0.25, -0.2) is 24.0 Å². The highest BCUT2D eigenvalue weighted by molar-refractivity contribution is 5.96. The van der Waals surface area contributed by atoms with Crippen molar-refractivity contribution >= 4 is 47.7 Å². The van der Waals surface area contributed by atoms with Gasteiger partial charge in [0.1, 0.15) is 42.4 Å². The maximum absolute atomic E-state index is 14.6. The molecule has 3 aromatic carbocycles. The van der Waals surface area contributed by atoms with Gasteiger partial charge in [0.05, 0.1) is 35.9 Å². The summed E-state index contributed by atoms with van der Waals surface area (Å²) in [5.74, 6) is -11.3. The highest BCUT2D eigenvalue weighted by atomic mass is 16.8. The lowest BCUT2D eigenvalue weighted by Crippen LogP contribution is -2.64. The minimum absolute atomic E-state index is 0.0240. The fraction of sp³-hybridized carbons (Fsp3) is 0.636. The Hall–Kier alpha value is -7.00. The molecule has 1 amide bonds. The van der Waals surface area contributed by atoms with Gasteiger partial charge >= 0.3 is 53.4 Å². The summed E-state index contributed by atoms with van der Waals surface area (Å²) in [4.78, 5) is 112. The second-order valence-electron chi connectivity index (χ2n) is 27.7. The molecule has 0 radical (unpaired) electrons. The first-order valence-electron chi connectivity index (χ1n) is 35.8. The van der Waals surface area contributed by atoms with Gasteiger partial charge in [-0.15, -0.1) is 0 Å². The van der Waals surface area contributed by atoms with Crippen LogP contribution in [-0.4, -0.2) is 127 Å². The number of carbonyl (C=O) groups excluding carboxylic acids is 8. The molecule has 2 unspecified atom stereocenters. The van der Waals surface area contributed by atoms with E-state index in [-0.39, 0.29) is 29.0 Å². The van der Waals surface area contributed by atoms with Crippen LogP contribution in [0.2, 0.25) is 0 Å². The van der Waals surface area contributed by atoms with E-state index in [2.05, 4.69) is 19.2 Å². The molecule has 0 aliphatic carbocycles. The summed E-state index contributed by atoms with van der Waals surface area (Å²) < 4.78 is 67.3. The number of allylic oxidation sites excluding steroid dienone is 1. The zero-order valence-corrected chi connectivity index (χ0v) is 58.8. The largest absolute Gasteiger partial charge is 0.460 e. The van der Waals surface area contributed by atoms with Crippen molar-refractivity contribution in [2.24, 2.45) is 0 Å². The lowest BCUT2D eigenvalue weighted by atomic mass is 9.97. The molecule has 536 valence electrons. The Morgan fingerprint density at radius 2 is 0.918 bits per heavy atom. The number of hydrogen-bond acceptors (Lipinski definition) is 19. The molecule has 6 rings (SSSR count). The number of cyclic esters (lactones) is 2. The van der Waals surface area contributed by atoms with E-state index in [4.69, 9.17) is 52.1 Å². The summed E-state index contributed by atoms with van der Waals surface area (Å²) in [5.41, 5.74) is -1.69. The first-order valence-corrected chi connectivity index (χ1v) is 35.8. The van der Waals surface area contributed by atoms with Crippen molar-refractivity contribution < 1.29 is 90.5 Å². The molecular weight excluding hydrogens is 1240 g/mol. The second kappa shape index (κ2) is 40.8. The van der Waals surface area contributed by atoms with Crippen LogP contribution in [0.1, 0.15) is 266 Å². The van der Waals surface area contributed by atoms with E-state index in [1.807, 2.05) is 6.08 Å². The Balaban J connectivity index is 1.37. The molecule has 3 aromatic rings. The predicted molar refractivity (Wildman–Crippen MR) is 363 cm³/mol. The second-order valence-corrected chi connectivity index (χ2v) is 27.7. The van der Waals surface area contributed by atoms with E-state index in [1.54, 1.807) is 114 Å². The first kappa shape index (κ1) is 79.0. The molecule has 3 aliphatic heterocycles. The summed E-state index contributed by atoms with van der Waals surface area (Å²) in [7, 11) is 0. The number of amides is 1. The maximum Gasteiger partial charge on any atom is 0.383 e. The lowest BCUT2D eigenvalue weighted by molar-refractivity contribution is -0.323. The van der Waals surface area contributed by atoms with Crippen LogP contribution in [0.4, 0.5) is 0 Å². The zero-order chi connectivity index (χ0) is 70.1. The van der Waals surface area contributed by atoms with E-state index in [0.29, 0.717) is 12.8 Å². The molecule has 0 aromatic heterocycles. The van der Waals surface area contributed by atoms with Gasteiger partial charge < -0.3 is 57.4 Å². The molecule has 0 saturated carbocycles. The van der Waals surface area contributed by atoms with Gasteiger partial charge in [-0.05, 0) is 103 Å². The summed E-state index contributed by atoms with van der Waals surface area (Å²) >= 11 is 0. The highest BCUT2D eigenvalue weighted by Crippen LogP contribution is 2.43. The van der Waals surface area contributed by atoms with Gasteiger partial charge in [0, 0.05) is 6.42 Å². The molecule has 3 saturated heterocycles. The Labute approximate surface area is 574 Å². The minimum atomic E-state index is -2.40. The van der Waals surface area contributed by atoms with E-state index in [9.17, 15) is 38.4 Å². The first-order chi connectivity index (χ1) is 46.5. The molecule has 1 N–H and O–H groups in total. The van der Waals surface area contributed by atoms with E-state index >= 15 is 0 Å². The molecule has 20 heteroatoms. The number of rotatable bonds is 47.